The van der Waals surface area contributed by atoms with E-state index in [1.165, 1.54) is 38.5 Å². The van der Waals surface area contributed by atoms with Crippen LogP contribution in [0.1, 0.15) is 72.6 Å². The van der Waals surface area contributed by atoms with Gasteiger partial charge >= 0.3 is 6.09 Å². The third-order valence-corrected chi connectivity index (χ3v) is 5.06. The number of amides is 1. The summed E-state index contributed by atoms with van der Waals surface area (Å²) < 4.78 is 5.55. The fourth-order valence-electron chi connectivity index (χ4n) is 3.88. The van der Waals surface area contributed by atoms with Crippen molar-refractivity contribution < 1.29 is 9.53 Å². The highest BCUT2D eigenvalue weighted by Crippen LogP contribution is 2.28. The third kappa shape index (κ3) is 6.70. The first-order valence-electron chi connectivity index (χ1n) is 9.55. The molecule has 2 aliphatic rings. The van der Waals surface area contributed by atoms with Crippen LogP contribution in [0.4, 0.5) is 4.79 Å². The highest BCUT2D eigenvalue weighted by molar-refractivity contribution is 5.68. The maximum atomic E-state index is 12.3. The van der Waals surface area contributed by atoms with Crippen molar-refractivity contribution in [3.63, 3.8) is 0 Å². The van der Waals surface area contributed by atoms with Gasteiger partial charge < -0.3 is 15.0 Å². The number of likely N-dealkylation sites (tertiary alicyclic amines) is 1. The van der Waals surface area contributed by atoms with Crippen LogP contribution in [0, 0.1) is 11.8 Å². The summed E-state index contributed by atoms with van der Waals surface area (Å²) in [5.41, 5.74) is -0.412. The molecule has 1 heterocycles. The Hall–Kier alpha value is -0.770. The molecule has 4 nitrogen and oxygen atoms in total. The van der Waals surface area contributed by atoms with Gasteiger partial charge in [0, 0.05) is 19.1 Å². The molecule has 0 radical (unpaired) electrons. The number of rotatable bonds is 3. The van der Waals surface area contributed by atoms with E-state index in [2.05, 4.69) is 12.2 Å². The molecule has 1 aliphatic heterocycles. The molecule has 0 aromatic heterocycles. The molecule has 4 heteroatoms. The normalized spacial score (nSPS) is 29.9. The fraction of sp³-hybridized carbons (Fsp3) is 0.947. The smallest absolute Gasteiger partial charge is 0.410 e. The predicted molar refractivity (Wildman–Crippen MR) is 94.6 cm³/mol. The van der Waals surface area contributed by atoms with Crippen LogP contribution in [0.15, 0.2) is 0 Å². The van der Waals surface area contributed by atoms with E-state index in [4.69, 9.17) is 4.74 Å². The number of carbonyl (C=O) groups is 1. The van der Waals surface area contributed by atoms with Crippen LogP contribution in [0.2, 0.25) is 0 Å². The molecule has 0 aromatic carbocycles. The Morgan fingerprint density at radius 2 is 1.96 bits per heavy atom. The fourth-order valence-corrected chi connectivity index (χ4v) is 3.88. The summed E-state index contributed by atoms with van der Waals surface area (Å²) in [6, 6.07) is 0.419. The van der Waals surface area contributed by atoms with Gasteiger partial charge in [0.1, 0.15) is 5.60 Å². The number of nitrogens with zero attached hydrogens (tertiary/aromatic N) is 1. The van der Waals surface area contributed by atoms with E-state index in [1.807, 2.05) is 25.7 Å². The van der Waals surface area contributed by atoms with E-state index in [1.54, 1.807) is 0 Å². The van der Waals surface area contributed by atoms with Gasteiger partial charge in [-0.25, -0.2) is 4.79 Å². The minimum Gasteiger partial charge on any atom is -0.444 e. The predicted octanol–water partition coefficient (Wildman–Crippen LogP) is 4.19. The molecule has 0 spiro atoms. The Kier molecular flexibility index (Phi) is 6.75. The average molecular weight is 325 g/mol. The highest BCUT2D eigenvalue weighted by Gasteiger charge is 2.27. The maximum Gasteiger partial charge on any atom is 0.410 e. The Morgan fingerprint density at radius 1 is 1.17 bits per heavy atom. The number of hydrogen-bond acceptors (Lipinski definition) is 3. The molecule has 1 aliphatic carbocycles. The third-order valence-electron chi connectivity index (χ3n) is 5.06. The van der Waals surface area contributed by atoms with Crippen molar-refractivity contribution in [1.82, 2.24) is 10.2 Å². The summed E-state index contributed by atoms with van der Waals surface area (Å²) in [7, 11) is 0. The van der Waals surface area contributed by atoms with Gasteiger partial charge in [0.15, 0.2) is 0 Å². The zero-order chi connectivity index (χ0) is 16.9. The molecule has 2 fully saturated rings. The van der Waals surface area contributed by atoms with Crippen molar-refractivity contribution in [3.8, 4) is 0 Å². The molecule has 2 rings (SSSR count). The van der Waals surface area contributed by atoms with Gasteiger partial charge in [-0.3, -0.25) is 0 Å². The van der Waals surface area contributed by atoms with E-state index in [0.717, 1.165) is 37.9 Å². The van der Waals surface area contributed by atoms with Crippen molar-refractivity contribution in [2.75, 3.05) is 19.6 Å². The van der Waals surface area contributed by atoms with Gasteiger partial charge in [-0.15, -0.1) is 0 Å². The van der Waals surface area contributed by atoms with Crippen LogP contribution in [0.25, 0.3) is 0 Å². The Morgan fingerprint density at radius 3 is 2.65 bits per heavy atom. The summed E-state index contributed by atoms with van der Waals surface area (Å²) in [5.74, 6) is 1.69. The first-order chi connectivity index (χ1) is 10.8. The molecule has 3 atom stereocenters. The lowest BCUT2D eigenvalue weighted by molar-refractivity contribution is 0.0243. The first kappa shape index (κ1) is 18.6. The second kappa shape index (κ2) is 8.36. The summed E-state index contributed by atoms with van der Waals surface area (Å²) in [4.78, 5) is 14.2. The Labute approximate surface area is 142 Å². The van der Waals surface area contributed by atoms with E-state index in [0.29, 0.717) is 6.04 Å². The largest absolute Gasteiger partial charge is 0.444 e. The van der Waals surface area contributed by atoms with Crippen molar-refractivity contribution >= 4 is 6.09 Å². The van der Waals surface area contributed by atoms with E-state index in [-0.39, 0.29) is 6.09 Å². The Balaban J connectivity index is 1.80. The lowest BCUT2D eigenvalue weighted by Crippen LogP contribution is -2.45. The van der Waals surface area contributed by atoms with Crippen LogP contribution >= 0.6 is 0 Å². The summed E-state index contributed by atoms with van der Waals surface area (Å²) >= 11 is 0. The summed E-state index contributed by atoms with van der Waals surface area (Å²) in [6.45, 7) is 10.9. The monoisotopic (exact) mass is 324 g/mol. The number of hydrogen-bond donors (Lipinski definition) is 1. The zero-order valence-electron chi connectivity index (χ0n) is 15.6. The average Bonchev–Trinajstić information content (AvgIpc) is 2.69. The topological polar surface area (TPSA) is 41.6 Å². The first-order valence-corrected chi connectivity index (χ1v) is 9.55. The zero-order valence-corrected chi connectivity index (χ0v) is 15.6. The summed E-state index contributed by atoms with van der Waals surface area (Å²) in [6.07, 6.45) is 8.78. The Bertz CT molecular complexity index is 378. The quantitative estimate of drug-likeness (QED) is 0.846. The van der Waals surface area contributed by atoms with Crippen molar-refractivity contribution in [3.05, 3.63) is 0 Å². The maximum absolute atomic E-state index is 12.3. The van der Waals surface area contributed by atoms with Gasteiger partial charge in [0.2, 0.25) is 0 Å². The van der Waals surface area contributed by atoms with Crippen molar-refractivity contribution in [2.45, 2.75) is 84.3 Å². The van der Waals surface area contributed by atoms with Crippen LogP contribution in [-0.2, 0) is 4.74 Å². The number of carbonyl (C=O) groups excluding carboxylic acids is 1. The van der Waals surface area contributed by atoms with Crippen LogP contribution in [0.3, 0.4) is 0 Å². The molecule has 1 amide bonds. The molecule has 23 heavy (non-hydrogen) atoms. The van der Waals surface area contributed by atoms with E-state index in [9.17, 15) is 4.79 Å². The number of ether oxygens (including phenoxy) is 1. The van der Waals surface area contributed by atoms with Crippen LogP contribution < -0.4 is 5.32 Å². The molecule has 0 bridgehead atoms. The van der Waals surface area contributed by atoms with Gasteiger partial charge in [0.25, 0.3) is 0 Å². The second-order valence-electron chi connectivity index (χ2n) is 8.67. The second-order valence-corrected chi connectivity index (χ2v) is 8.67. The number of nitrogens with one attached hydrogen (secondary N) is 1. The van der Waals surface area contributed by atoms with Gasteiger partial charge in [-0.2, -0.15) is 0 Å². The van der Waals surface area contributed by atoms with E-state index >= 15 is 0 Å². The van der Waals surface area contributed by atoms with Gasteiger partial charge in [-0.05, 0) is 64.8 Å². The summed E-state index contributed by atoms with van der Waals surface area (Å²) in [5, 5.41) is 3.75. The lowest BCUT2D eigenvalue weighted by atomic mass is 9.82. The van der Waals surface area contributed by atoms with E-state index < -0.39 is 5.60 Å². The van der Waals surface area contributed by atoms with Gasteiger partial charge in [0.05, 0.1) is 0 Å². The molecule has 1 saturated heterocycles. The molecule has 1 N–H and O–H groups in total. The lowest BCUT2D eigenvalue weighted by Gasteiger charge is -2.31. The molecule has 134 valence electrons. The van der Waals surface area contributed by atoms with Crippen molar-refractivity contribution in [2.24, 2.45) is 11.8 Å². The molecular formula is C19H36N2O2. The minimum atomic E-state index is -0.412. The van der Waals surface area contributed by atoms with Crippen molar-refractivity contribution in [1.29, 1.82) is 0 Å². The molecule has 1 saturated carbocycles. The molecular weight excluding hydrogens is 288 g/mol. The molecule has 3 unspecified atom stereocenters. The SMILES string of the molecule is CC1CCCC(CNC2CCCCN(C(=O)OC(C)(C)C)C2)C1. The van der Waals surface area contributed by atoms with Crippen LogP contribution in [0.5, 0.6) is 0 Å². The standard InChI is InChI=1S/C19H36N2O2/c1-15-8-7-9-16(12-15)13-20-17-10-5-6-11-21(14-17)18(22)23-19(2,3)4/h15-17,20H,5-14H2,1-4H3. The minimum absolute atomic E-state index is 0.155. The molecule has 0 aromatic rings. The van der Waals surface area contributed by atoms with Crippen LogP contribution in [-0.4, -0.2) is 42.3 Å². The highest BCUT2D eigenvalue weighted by atomic mass is 16.6. The van der Waals surface area contributed by atoms with Gasteiger partial charge in [-0.1, -0.05) is 26.2 Å².